The molecule has 0 saturated carbocycles. The van der Waals surface area contributed by atoms with Gasteiger partial charge in [-0.05, 0) is 56.7 Å². The van der Waals surface area contributed by atoms with Crippen molar-refractivity contribution < 1.29 is 0 Å². The van der Waals surface area contributed by atoms with E-state index in [2.05, 4.69) is 58.1 Å². The summed E-state index contributed by atoms with van der Waals surface area (Å²) in [6, 6.07) is 4.19. The highest BCUT2D eigenvalue weighted by molar-refractivity contribution is 5.75. The molecule has 0 aliphatic rings. The Balaban J connectivity index is 2.58. The fourth-order valence-corrected chi connectivity index (χ4v) is 3.18. The molecular formula is C22H32N4. The molecule has 140 valence electrons. The van der Waals surface area contributed by atoms with Crippen LogP contribution in [0.15, 0.2) is 18.2 Å². The number of aryl methyl sites for hydroxylation is 2. The van der Waals surface area contributed by atoms with E-state index in [1.807, 2.05) is 20.9 Å². The molecule has 2 rings (SSSR count). The number of hydrogen-bond acceptors (Lipinski definition) is 4. The number of nitrogens with one attached hydrogen (secondary N) is 1. The first kappa shape index (κ1) is 20.1. The first-order valence-electron chi connectivity index (χ1n) is 9.54. The number of rotatable bonds is 6. The van der Waals surface area contributed by atoms with E-state index in [4.69, 9.17) is 15.0 Å². The number of allylic oxidation sites excluding steroid dienone is 2. The molecule has 0 saturated heterocycles. The molecule has 1 N–H and O–H groups in total. The third kappa shape index (κ3) is 3.95. The minimum atomic E-state index is 0.389. The Bertz CT molecular complexity index is 806. The molecule has 4 nitrogen and oxygen atoms in total. The van der Waals surface area contributed by atoms with Gasteiger partial charge in [-0.3, -0.25) is 0 Å². The zero-order valence-corrected chi connectivity index (χ0v) is 17.4. The van der Waals surface area contributed by atoms with Crippen LogP contribution in [-0.2, 0) is 0 Å². The molecule has 26 heavy (non-hydrogen) atoms. The molecule has 0 radical (unpaired) electrons. The molecule has 2 heterocycles. The van der Waals surface area contributed by atoms with Crippen LogP contribution in [0.5, 0.6) is 0 Å². The average Bonchev–Trinajstić information content (AvgIpc) is 2.63. The molecule has 4 heteroatoms. The van der Waals surface area contributed by atoms with Crippen LogP contribution in [0.2, 0.25) is 0 Å². The first-order valence-corrected chi connectivity index (χ1v) is 9.54. The van der Waals surface area contributed by atoms with Gasteiger partial charge in [-0.1, -0.05) is 33.8 Å². The van der Waals surface area contributed by atoms with Crippen molar-refractivity contribution in [1.82, 2.24) is 15.0 Å². The molecule has 2 aromatic heterocycles. The van der Waals surface area contributed by atoms with Crippen LogP contribution in [0.4, 0.5) is 5.82 Å². The van der Waals surface area contributed by atoms with E-state index >= 15 is 0 Å². The molecule has 1 unspecified atom stereocenters. The van der Waals surface area contributed by atoms with Crippen LogP contribution in [-0.4, -0.2) is 22.0 Å². The van der Waals surface area contributed by atoms with Crippen molar-refractivity contribution in [3.8, 4) is 11.3 Å². The molecule has 0 fully saturated rings. The Labute approximate surface area is 158 Å². The molecule has 0 amide bonds. The predicted molar refractivity (Wildman–Crippen MR) is 111 cm³/mol. The van der Waals surface area contributed by atoms with Gasteiger partial charge in [0.1, 0.15) is 5.82 Å². The van der Waals surface area contributed by atoms with Gasteiger partial charge < -0.3 is 5.32 Å². The lowest BCUT2D eigenvalue weighted by Gasteiger charge is -2.18. The van der Waals surface area contributed by atoms with Gasteiger partial charge >= 0.3 is 0 Å². The van der Waals surface area contributed by atoms with E-state index in [0.717, 1.165) is 46.3 Å². The number of nitrogens with zero attached hydrogens (tertiary/aromatic N) is 3. The van der Waals surface area contributed by atoms with Crippen molar-refractivity contribution in [1.29, 1.82) is 0 Å². The summed E-state index contributed by atoms with van der Waals surface area (Å²) in [6.45, 7) is 14.9. The highest BCUT2D eigenvalue weighted by Gasteiger charge is 2.18. The first-order chi connectivity index (χ1) is 12.3. The highest BCUT2D eigenvalue weighted by Crippen LogP contribution is 2.32. The molecule has 0 aromatic carbocycles. The fraction of sp³-hybridized carbons (Fsp3) is 0.500. The van der Waals surface area contributed by atoms with Crippen molar-refractivity contribution in [2.45, 2.75) is 60.8 Å². The summed E-state index contributed by atoms with van der Waals surface area (Å²) >= 11 is 0. The molecule has 0 bridgehead atoms. The normalized spacial score (nSPS) is 13.2. The standard InChI is InChI=1S/C22H32N4/c1-9-14(5)17(10-2)20-15(6)25-21(16(7)24-20)18-11-12-19(13(3)4)26-22(18)23-8/h10-14H,9H2,1-8H3,(H,23,26)/b17-10-. The fourth-order valence-electron chi connectivity index (χ4n) is 3.18. The summed E-state index contributed by atoms with van der Waals surface area (Å²) in [4.78, 5) is 14.6. The van der Waals surface area contributed by atoms with Crippen molar-refractivity contribution >= 4 is 11.4 Å². The van der Waals surface area contributed by atoms with Gasteiger partial charge in [0.25, 0.3) is 0 Å². The van der Waals surface area contributed by atoms with Crippen molar-refractivity contribution in [3.63, 3.8) is 0 Å². The summed E-state index contributed by atoms with van der Waals surface area (Å²) in [5.74, 6) is 1.72. The lowest BCUT2D eigenvalue weighted by atomic mass is 9.94. The number of pyridine rings is 1. The van der Waals surface area contributed by atoms with Gasteiger partial charge in [0.15, 0.2) is 0 Å². The predicted octanol–water partition coefficient (Wildman–Crippen LogP) is 5.77. The molecule has 1 atom stereocenters. The van der Waals surface area contributed by atoms with Gasteiger partial charge in [0.05, 0.1) is 22.8 Å². The summed E-state index contributed by atoms with van der Waals surface area (Å²) < 4.78 is 0. The van der Waals surface area contributed by atoms with Crippen LogP contribution in [0.1, 0.15) is 69.7 Å². The minimum absolute atomic E-state index is 0.389. The minimum Gasteiger partial charge on any atom is -0.373 e. The van der Waals surface area contributed by atoms with Crippen molar-refractivity contribution in [2.24, 2.45) is 5.92 Å². The Morgan fingerprint density at radius 1 is 1.08 bits per heavy atom. The molecule has 0 aliphatic heterocycles. The van der Waals surface area contributed by atoms with E-state index in [1.165, 1.54) is 5.57 Å². The Morgan fingerprint density at radius 3 is 2.31 bits per heavy atom. The van der Waals surface area contributed by atoms with Crippen LogP contribution >= 0.6 is 0 Å². The van der Waals surface area contributed by atoms with Crippen LogP contribution in [0, 0.1) is 19.8 Å². The maximum Gasteiger partial charge on any atom is 0.135 e. The lowest BCUT2D eigenvalue weighted by Crippen LogP contribution is -2.08. The SMILES string of the molecule is C/C=C(\c1nc(C)c(-c2ccc(C(C)C)nc2NC)nc1C)C(C)CC. The van der Waals surface area contributed by atoms with E-state index in [0.29, 0.717) is 11.8 Å². The number of aromatic nitrogens is 3. The Hall–Kier alpha value is -2.23. The maximum absolute atomic E-state index is 4.94. The molecular weight excluding hydrogens is 320 g/mol. The lowest BCUT2D eigenvalue weighted by molar-refractivity contribution is 0.711. The second kappa shape index (κ2) is 8.43. The molecule has 0 aliphatic carbocycles. The number of hydrogen-bond donors (Lipinski definition) is 1. The topological polar surface area (TPSA) is 50.7 Å². The molecule has 2 aromatic rings. The van der Waals surface area contributed by atoms with E-state index in [-0.39, 0.29) is 0 Å². The van der Waals surface area contributed by atoms with E-state index in [9.17, 15) is 0 Å². The summed E-state index contributed by atoms with van der Waals surface area (Å²) in [6.07, 6.45) is 3.26. The van der Waals surface area contributed by atoms with Gasteiger partial charge in [-0.15, -0.1) is 0 Å². The van der Waals surface area contributed by atoms with Gasteiger partial charge in [-0.2, -0.15) is 0 Å². The monoisotopic (exact) mass is 352 g/mol. The second-order valence-electron chi connectivity index (χ2n) is 7.18. The van der Waals surface area contributed by atoms with Crippen LogP contribution < -0.4 is 5.32 Å². The Morgan fingerprint density at radius 2 is 1.77 bits per heavy atom. The summed E-state index contributed by atoms with van der Waals surface area (Å²) in [5.41, 5.74) is 7.16. The van der Waals surface area contributed by atoms with E-state index < -0.39 is 0 Å². The van der Waals surface area contributed by atoms with Gasteiger partial charge in [-0.25, -0.2) is 15.0 Å². The van der Waals surface area contributed by atoms with Crippen molar-refractivity contribution in [2.75, 3.05) is 12.4 Å². The number of anilines is 1. The highest BCUT2D eigenvalue weighted by atomic mass is 15.0. The van der Waals surface area contributed by atoms with Gasteiger partial charge in [0, 0.05) is 18.3 Å². The Kier molecular flexibility index (Phi) is 6.52. The third-order valence-corrected chi connectivity index (χ3v) is 4.97. The second-order valence-corrected chi connectivity index (χ2v) is 7.18. The van der Waals surface area contributed by atoms with Gasteiger partial charge in [0.2, 0.25) is 0 Å². The third-order valence-electron chi connectivity index (χ3n) is 4.97. The summed E-state index contributed by atoms with van der Waals surface area (Å²) in [7, 11) is 1.90. The maximum atomic E-state index is 4.94. The zero-order chi connectivity index (χ0) is 19.4. The van der Waals surface area contributed by atoms with Crippen molar-refractivity contribution in [3.05, 3.63) is 41.0 Å². The average molecular weight is 353 g/mol. The quantitative estimate of drug-likeness (QED) is 0.717. The van der Waals surface area contributed by atoms with Crippen LogP contribution in [0.3, 0.4) is 0 Å². The summed E-state index contributed by atoms with van der Waals surface area (Å²) in [5, 5.41) is 3.22. The van der Waals surface area contributed by atoms with Crippen LogP contribution in [0.25, 0.3) is 16.8 Å². The largest absolute Gasteiger partial charge is 0.373 e. The van der Waals surface area contributed by atoms with E-state index in [1.54, 1.807) is 0 Å². The zero-order valence-electron chi connectivity index (χ0n) is 17.4. The smallest absolute Gasteiger partial charge is 0.135 e. The molecule has 0 spiro atoms.